The number of hydrogen-bond acceptors (Lipinski definition) is 3. The summed E-state index contributed by atoms with van der Waals surface area (Å²) >= 11 is 0. The molecular formula is C17H35NO2. The lowest BCUT2D eigenvalue weighted by Crippen LogP contribution is -2.45. The lowest BCUT2D eigenvalue weighted by atomic mass is 10.0. The normalized spacial score (nSPS) is 23.7. The van der Waals surface area contributed by atoms with Gasteiger partial charge in [-0.1, -0.05) is 40.5 Å². The van der Waals surface area contributed by atoms with E-state index >= 15 is 0 Å². The highest BCUT2D eigenvalue weighted by Crippen LogP contribution is 2.12. The van der Waals surface area contributed by atoms with E-state index in [0.717, 1.165) is 44.7 Å². The lowest BCUT2D eigenvalue weighted by molar-refractivity contribution is -0.0720. The second-order valence-corrected chi connectivity index (χ2v) is 6.50. The number of ether oxygens (including phenoxy) is 2. The predicted molar refractivity (Wildman–Crippen MR) is 85.1 cm³/mol. The van der Waals surface area contributed by atoms with E-state index in [4.69, 9.17) is 9.47 Å². The van der Waals surface area contributed by atoms with Crippen molar-refractivity contribution >= 4 is 0 Å². The predicted octanol–water partition coefficient (Wildman–Crippen LogP) is 3.58. The van der Waals surface area contributed by atoms with E-state index in [1.807, 2.05) is 0 Å². The SMILES string of the molecule is CCC(C)CCCOC[C@@H]1CN(CC(C)CC)CCO1. The Hall–Kier alpha value is -0.120. The van der Waals surface area contributed by atoms with Crippen LogP contribution in [0.2, 0.25) is 0 Å². The minimum absolute atomic E-state index is 0.274. The van der Waals surface area contributed by atoms with E-state index in [9.17, 15) is 0 Å². The lowest BCUT2D eigenvalue weighted by Gasteiger charge is -2.34. The molecular weight excluding hydrogens is 250 g/mol. The van der Waals surface area contributed by atoms with Crippen molar-refractivity contribution < 1.29 is 9.47 Å². The van der Waals surface area contributed by atoms with Crippen molar-refractivity contribution in [2.75, 3.05) is 39.5 Å². The van der Waals surface area contributed by atoms with Crippen molar-refractivity contribution in [3.05, 3.63) is 0 Å². The summed E-state index contributed by atoms with van der Waals surface area (Å²) in [4.78, 5) is 2.53. The number of morpholine rings is 1. The minimum atomic E-state index is 0.274. The van der Waals surface area contributed by atoms with Crippen LogP contribution in [0.4, 0.5) is 0 Å². The fraction of sp³-hybridized carbons (Fsp3) is 1.00. The van der Waals surface area contributed by atoms with E-state index in [1.165, 1.54) is 32.2 Å². The topological polar surface area (TPSA) is 21.7 Å². The van der Waals surface area contributed by atoms with Crippen LogP contribution in [0.1, 0.15) is 53.4 Å². The molecule has 0 amide bonds. The summed E-state index contributed by atoms with van der Waals surface area (Å²) in [5, 5.41) is 0. The van der Waals surface area contributed by atoms with Gasteiger partial charge in [-0.05, 0) is 24.7 Å². The van der Waals surface area contributed by atoms with Gasteiger partial charge >= 0.3 is 0 Å². The molecule has 0 aliphatic carbocycles. The highest BCUT2D eigenvalue weighted by atomic mass is 16.5. The van der Waals surface area contributed by atoms with Crippen LogP contribution in [-0.4, -0.2) is 50.5 Å². The quantitative estimate of drug-likeness (QED) is 0.573. The molecule has 1 saturated heterocycles. The summed E-state index contributed by atoms with van der Waals surface area (Å²) in [6, 6.07) is 0. The summed E-state index contributed by atoms with van der Waals surface area (Å²) < 4.78 is 11.6. The van der Waals surface area contributed by atoms with Crippen molar-refractivity contribution in [1.29, 1.82) is 0 Å². The van der Waals surface area contributed by atoms with E-state index in [2.05, 4.69) is 32.6 Å². The molecule has 1 aliphatic heterocycles. The average molecular weight is 285 g/mol. The first-order valence-electron chi connectivity index (χ1n) is 8.57. The standard InChI is InChI=1S/C17H35NO2/c1-5-15(3)8-7-10-19-14-17-13-18(9-11-20-17)12-16(4)6-2/h15-17H,5-14H2,1-4H3/t15?,16?,17-/m0/s1. The van der Waals surface area contributed by atoms with Crippen LogP contribution in [0.25, 0.3) is 0 Å². The van der Waals surface area contributed by atoms with Crippen LogP contribution < -0.4 is 0 Å². The van der Waals surface area contributed by atoms with E-state index in [0.29, 0.717) is 0 Å². The first-order valence-corrected chi connectivity index (χ1v) is 8.57. The third-order valence-electron chi connectivity index (χ3n) is 4.48. The molecule has 0 aromatic carbocycles. The summed E-state index contributed by atoms with van der Waals surface area (Å²) in [6.07, 6.45) is 5.27. The average Bonchev–Trinajstić information content (AvgIpc) is 2.46. The summed E-state index contributed by atoms with van der Waals surface area (Å²) in [5.74, 6) is 1.61. The van der Waals surface area contributed by atoms with Crippen LogP contribution >= 0.6 is 0 Å². The molecule has 0 spiro atoms. The van der Waals surface area contributed by atoms with Crippen LogP contribution in [0.15, 0.2) is 0 Å². The Balaban J connectivity index is 2.08. The van der Waals surface area contributed by atoms with Gasteiger partial charge in [0, 0.05) is 26.2 Å². The zero-order chi connectivity index (χ0) is 14.8. The molecule has 3 heteroatoms. The van der Waals surface area contributed by atoms with Gasteiger partial charge in [-0.15, -0.1) is 0 Å². The van der Waals surface area contributed by atoms with Crippen LogP contribution in [-0.2, 0) is 9.47 Å². The Morgan fingerprint density at radius 3 is 2.65 bits per heavy atom. The molecule has 1 heterocycles. The molecule has 2 unspecified atom stereocenters. The van der Waals surface area contributed by atoms with Crippen LogP contribution in [0.3, 0.4) is 0 Å². The summed E-state index contributed by atoms with van der Waals surface area (Å²) in [6.45, 7) is 15.0. The maximum atomic E-state index is 5.81. The molecule has 1 rings (SSSR count). The number of hydrogen-bond donors (Lipinski definition) is 0. The Morgan fingerprint density at radius 2 is 1.95 bits per heavy atom. The molecule has 0 aromatic rings. The molecule has 20 heavy (non-hydrogen) atoms. The van der Waals surface area contributed by atoms with Crippen molar-refractivity contribution in [3.63, 3.8) is 0 Å². The molecule has 0 saturated carbocycles. The van der Waals surface area contributed by atoms with Crippen molar-refractivity contribution in [2.45, 2.75) is 59.5 Å². The van der Waals surface area contributed by atoms with Gasteiger partial charge in [0.05, 0.1) is 19.3 Å². The Kier molecular flexibility index (Phi) is 9.49. The van der Waals surface area contributed by atoms with E-state index in [-0.39, 0.29) is 6.10 Å². The maximum Gasteiger partial charge on any atom is 0.0935 e. The highest BCUT2D eigenvalue weighted by Gasteiger charge is 2.21. The fourth-order valence-electron chi connectivity index (χ4n) is 2.57. The number of rotatable bonds is 10. The van der Waals surface area contributed by atoms with E-state index < -0.39 is 0 Å². The Bertz CT molecular complexity index is 235. The second-order valence-electron chi connectivity index (χ2n) is 6.50. The van der Waals surface area contributed by atoms with Crippen molar-refractivity contribution in [1.82, 2.24) is 4.90 Å². The molecule has 3 nitrogen and oxygen atoms in total. The van der Waals surface area contributed by atoms with E-state index in [1.54, 1.807) is 0 Å². The molecule has 3 atom stereocenters. The monoisotopic (exact) mass is 285 g/mol. The minimum Gasteiger partial charge on any atom is -0.379 e. The van der Waals surface area contributed by atoms with Gasteiger partial charge in [0.25, 0.3) is 0 Å². The van der Waals surface area contributed by atoms with Crippen LogP contribution in [0.5, 0.6) is 0 Å². The molecule has 0 radical (unpaired) electrons. The number of nitrogens with zero attached hydrogens (tertiary/aromatic N) is 1. The maximum absolute atomic E-state index is 5.81. The molecule has 1 aliphatic rings. The Labute approximate surface area is 126 Å². The highest BCUT2D eigenvalue weighted by molar-refractivity contribution is 4.72. The van der Waals surface area contributed by atoms with Gasteiger partial charge in [0.1, 0.15) is 0 Å². The van der Waals surface area contributed by atoms with Gasteiger partial charge < -0.3 is 9.47 Å². The zero-order valence-corrected chi connectivity index (χ0v) is 14.1. The van der Waals surface area contributed by atoms with Gasteiger partial charge in [0.2, 0.25) is 0 Å². The first-order chi connectivity index (χ1) is 9.65. The molecule has 0 aromatic heterocycles. The molecule has 0 bridgehead atoms. The zero-order valence-electron chi connectivity index (χ0n) is 14.1. The van der Waals surface area contributed by atoms with Gasteiger partial charge in [0.15, 0.2) is 0 Å². The fourth-order valence-corrected chi connectivity index (χ4v) is 2.57. The van der Waals surface area contributed by atoms with Crippen LogP contribution in [0, 0.1) is 11.8 Å². The second kappa shape index (κ2) is 10.6. The van der Waals surface area contributed by atoms with Gasteiger partial charge in [-0.2, -0.15) is 0 Å². The summed E-state index contributed by atoms with van der Waals surface area (Å²) in [7, 11) is 0. The molecule has 0 N–H and O–H groups in total. The Morgan fingerprint density at radius 1 is 1.20 bits per heavy atom. The third-order valence-corrected chi connectivity index (χ3v) is 4.48. The van der Waals surface area contributed by atoms with Gasteiger partial charge in [-0.3, -0.25) is 4.90 Å². The van der Waals surface area contributed by atoms with Crippen molar-refractivity contribution in [2.24, 2.45) is 11.8 Å². The smallest absolute Gasteiger partial charge is 0.0935 e. The van der Waals surface area contributed by atoms with Gasteiger partial charge in [-0.25, -0.2) is 0 Å². The summed E-state index contributed by atoms with van der Waals surface area (Å²) in [5.41, 5.74) is 0. The largest absolute Gasteiger partial charge is 0.379 e. The third kappa shape index (κ3) is 7.61. The first kappa shape index (κ1) is 17.9. The molecule has 1 fully saturated rings. The molecule has 120 valence electrons. The van der Waals surface area contributed by atoms with Crippen molar-refractivity contribution in [3.8, 4) is 0 Å².